The Bertz CT molecular complexity index is 777. The minimum absolute atomic E-state index is 0.0788. The van der Waals surface area contributed by atoms with E-state index in [-0.39, 0.29) is 11.8 Å². The van der Waals surface area contributed by atoms with E-state index < -0.39 is 0 Å². The van der Waals surface area contributed by atoms with E-state index in [1.807, 2.05) is 24.3 Å². The fraction of sp³-hybridized carbons (Fsp3) is 0.333. The largest absolute Gasteiger partial charge is 0.497 e. The van der Waals surface area contributed by atoms with Crippen LogP contribution < -0.4 is 19.5 Å². The molecule has 150 valence electrons. The van der Waals surface area contributed by atoms with Crippen molar-refractivity contribution in [3.63, 3.8) is 0 Å². The second kappa shape index (κ2) is 10.8. The highest BCUT2D eigenvalue weighted by Crippen LogP contribution is 2.17. The summed E-state index contributed by atoms with van der Waals surface area (Å²) in [6.45, 7) is 2.99. The van der Waals surface area contributed by atoms with Gasteiger partial charge in [0.05, 0.1) is 26.3 Å². The van der Waals surface area contributed by atoms with Gasteiger partial charge in [-0.3, -0.25) is 9.59 Å². The predicted molar refractivity (Wildman–Crippen MR) is 106 cm³/mol. The van der Waals surface area contributed by atoms with Gasteiger partial charge in [-0.25, -0.2) is 0 Å². The van der Waals surface area contributed by atoms with Crippen LogP contribution in [0.3, 0.4) is 0 Å². The monoisotopic (exact) mass is 386 g/mol. The zero-order valence-corrected chi connectivity index (χ0v) is 16.4. The molecule has 2 aromatic carbocycles. The molecule has 0 aliphatic heterocycles. The van der Waals surface area contributed by atoms with Crippen LogP contribution in [0.15, 0.2) is 48.5 Å². The van der Waals surface area contributed by atoms with Crippen molar-refractivity contribution in [2.24, 2.45) is 0 Å². The molecule has 7 heteroatoms. The molecular weight excluding hydrogens is 360 g/mol. The van der Waals surface area contributed by atoms with E-state index in [0.29, 0.717) is 43.3 Å². The lowest BCUT2D eigenvalue weighted by molar-refractivity contribution is -0.129. The molecule has 0 aromatic heterocycles. The van der Waals surface area contributed by atoms with Crippen LogP contribution in [0, 0.1) is 0 Å². The summed E-state index contributed by atoms with van der Waals surface area (Å²) in [5.74, 6) is 1.65. The van der Waals surface area contributed by atoms with Crippen molar-refractivity contribution in [3.8, 4) is 17.2 Å². The SMILES string of the molecule is COc1ccc(OCCN(CCNC(=O)c2ccccc2OC)C(C)=O)cc1. The van der Waals surface area contributed by atoms with Crippen LogP contribution in [-0.2, 0) is 4.79 Å². The third kappa shape index (κ3) is 6.19. The lowest BCUT2D eigenvalue weighted by atomic mass is 10.2. The highest BCUT2D eigenvalue weighted by molar-refractivity contribution is 5.96. The number of methoxy groups -OCH3 is 2. The smallest absolute Gasteiger partial charge is 0.255 e. The average molecular weight is 386 g/mol. The van der Waals surface area contributed by atoms with Gasteiger partial charge in [0.15, 0.2) is 0 Å². The van der Waals surface area contributed by atoms with Crippen molar-refractivity contribution < 1.29 is 23.8 Å². The number of hydrogen-bond acceptors (Lipinski definition) is 5. The number of carbonyl (C=O) groups excluding carboxylic acids is 2. The maximum Gasteiger partial charge on any atom is 0.255 e. The molecule has 7 nitrogen and oxygen atoms in total. The minimum Gasteiger partial charge on any atom is -0.497 e. The number of nitrogens with one attached hydrogen (secondary N) is 1. The number of benzene rings is 2. The number of carbonyl (C=O) groups is 2. The van der Waals surface area contributed by atoms with Gasteiger partial charge in [-0.2, -0.15) is 0 Å². The van der Waals surface area contributed by atoms with E-state index in [4.69, 9.17) is 14.2 Å². The van der Waals surface area contributed by atoms with Crippen molar-refractivity contribution >= 4 is 11.8 Å². The summed E-state index contributed by atoms with van der Waals surface area (Å²) in [4.78, 5) is 25.8. The van der Waals surface area contributed by atoms with Crippen LogP contribution in [-0.4, -0.2) is 57.2 Å². The first-order valence-corrected chi connectivity index (χ1v) is 8.98. The number of amides is 2. The topological polar surface area (TPSA) is 77.1 Å². The number of para-hydroxylation sites is 1. The summed E-state index contributed by atoms with van der Waals surface area (Å²) in [5, 5.41) is 2.81. The average Bonchev–Trinajstić information content (AvgIpc) is 2.72. The Balaban J connectivity index is 1.79. The molecule has 2 rings (SSSR count). The van der Waals surface area contributed by atoms with Crippen molar-refractivity contribution in [1.82, 2.24) is 10.2 Å². The normalized spacial score (nSPS) is 10.1. The summed E-state index contributed by atoms with van der Waals surface area (Å²) in [5.41, 5.74) is 0.460. The van der Waals surface area contributed by atoms with Gasteiger partial charge in [-0.05, 0) is 36.4 Å². The molecule has 2 amide bonds. The summed E-state index contributed by atoms with van der Waals surface area (Å²) in [7, 11) is 3.12. The van der Waals surface area contributed by atoms with Crippen LogP contribution in [0.25, 0.3) is 0 Å². The van der Waals surface area contributed by atoms with Gasteiger partial charge in [0.1, 0.15) is 23.9 Å². The van der Waals surface area contributed by atoms with Crippen LogP contribution >= 0.6 is 0 Å². The van der Waals surface area contributed by atoms with E-state index >= 15 is 0 Å². The molecule has 0 saturated heterocycles. The van der Waals surface area contributed by atoms with Crippen molar-refractivity contribution in [1.29, 1.82) is 0 Å². The van der Waals surface area contributed by atoms with Gasteiger partial charge < -0.3 is 24.4 Å². The van der Waals surface area contributed by atoms with Crippen molar-refractivity contribution in [3.05, 3.63) is 54.1 Å². The molecule has 0 spiro atoms. The number of rotatable bonds is 10. The summed E-state index contributed by atoms with van der Waals surface area (Å²) >= 11 is 0. The van der Waals surface area contributed by atoms with E-state index in [9.17, 15) is 9.59 Å². The zero-order valence-electron chi connectivity index (χ0n) is 16.4. The fourth-order valence-electron chi connectivity index (χ4n) is 2.60. The molecule has 28 heavy (non-hydrogen) atoms. The first-order valence-electron chi connectivity index (χ1n) is 8.98. The lowest BCUT2D eigenvalue weighted by Crippen LogP contribution is -2.39. The standard InChI is InChI=1S/C21H26N2O5/c1-16(24)23(14-15-28-18-10-8-17(26-2)9-11-18)13-12-22-21(25)19-6-4-5-7-20(19)27-3/h4-11H,12-15H2,1-3H3,(H,22,25). The first kappa shape index (κ1) is 21.1. The van der Waals surface area contributed by atoms with E-state index in [1.165, 1.54) is 14.0 Å². The van der Waals surface area contributed by atoms with Crippen LogP contribution in [0.4, 0.5) is 0 Å². The van der Waals surface area contributed by atoms with Crippen molar-refractivity contribution in [2.45, 2.75) is 6.92 Å². The molecule has 0 fully saturated rings. The molecule has 0 heterocycles. The number of ether oxygens (including phenoxy) is 3. The van der Waals surface area contributed by atoms with Crippen molar-refractivity contribution in [2.75, 3.05) is 40.5 Å². The quantitative estimate of drug-likeness (QED) is 0.678. The fourth-order valence-corrected chi connectivity index (χ4v) is 2.60. The van der Waals surface area contributed by atoms with Gasteiger partial charge in [-0.1, -0.05) is 12.1 Å². The van der Waals surface area contributed by atoms with Gasteiger partial charge in [0.25, 0.3) is 5.91 Å². The van der Waals surface area contributed by atoms with Crippen LogP contribution in [0.5, 0.6) is 17.2 Å². The predicted octanol–water partition coefficient (Wildman–Crippen LogP) is 2.36. The first-order chi connectivity index (χ1) is 13.5. The molecular formula is C21H26N2O5. The van der Waals surface area contributed by atoms with Gasteiger partial charge in [0, 0.05) is 20.0 Å². The minimum atomic E-state index is -0.240. The molecule has 0 aliphatic rings. The molecule has 0 saturated carbocycles. The van der Waals surface area contributed by atoms with Gasteiger partial charge in [-0.15, -0.1) is 0 Å². The van der Waals surface area contributed by atoms with Crippen LogP contribution in [0.1, 0.15) is 17.3 Å². The number of nitrogens with zero attached hydrogens (tertiary/aromatic N) is 1. The van der Waals surface area contributed by atoms with E-state index in [1.54, 1.807) is 36.3 Å². The Hall–Kier alpha value is -3.22. The Morgan fingerprint density at radius 2 is 1.61 bits per heavy atom. The Morgan fingerprint density at radius 3 is 2.25 bits per heavy atom. The molecule has 0 radical (unpaired) electrons. The van der Waals surface area contributed by atoms with Crippen LogP contribution in [0.2, 0.25) is 0 Å². The summed E-state index contributed by atoms with van der Waals surface area (Å²) in [6, 6.07) is 14.2. The molecule has 2 aromatic rings. The maximum atomic E-state index is 12.3. The summed E-state index contributed by atoms with van der Waals surface area (Å²) in [6.07, 6.45) is 0. The molecule has 1 N–H and O–H groups in total. The lowest BCUT2D eigenvalue weighted by Gasteiger charge is -2.21. The summed E-state index contributed by atoms with van der Waals surface area (Å²) < 4.78 is 16.0. The maximum absolute atomic E-state index is 12.3. The molecule has 0 aliphatic carbocycles. The molecule has 0 atom stereocenters. The Kier molecular flexibility index (Phi) is 8.14. The van der Waals surface area contributed by atoms with E-state index in [0.717, 1.165) is 5.75 Å². The number of hydrogen-bond donors (Lipinski definition) is 1. The zero-order chi connectivity index (χ0) is 20.4. The Morgan fingerprint density at radius 1 is 0.929 bits per heavy atom. The van der Waals surface area contributed by atoms with Gasteiger partial charge >= 0.3 is 0 Å². The molecule has 0 unspecified atom stereocenters. The second-order valence-corrected chi connectivity index (χ2v) is 5.99. The molecule has 0 bridgehead atoms. The highest BCUT2D eigenvalue weighted by atomic mass is 16.5. The third-order valence-electron chi connectivity index (χ3n) is 4.15. The second-order valence-electron chi connectivity index (χ2n) is 5.99. The highest BCUT2D eigenvalue weighted by Gasteiger charge is 2.13. The third-order valence-corrected chi connectivity index (χ3v) is 4.15. The van der Waals surface area contributed by atoms with E-state index in [2.05, 4.69) is 5.32 Å². The Labute approximate surface area is 165 Å². The van der Waals surface area contributed by atoms with Gasteiger partial charge in [0.2, 0.25) is 5.91 Å².